The van der Waals surface area contributed by atoms with E-state index in [1.165, 1.54) is 5.56 Å². The highest BCUT2D eigenvalue weighted by Crippen LogP contribution is 2.33. The summed E-state index contributed by atoms with van der Waals surface area (Å²) in [5, 5.41) is 0. The van der Waals surface area contributed by atoms with Crippen molar-refractivity contribution in [2.45, 2.75) is 25.8 Å². The van der Waals surface area contributed by atoms with E-state index in [4.69, 9.17) is 14.2 Å². The fourth-order valence-electron chi connectivity index (χ4n) is 4.43. The molecule has 0 atom stereocenters. The summed E-state index contributed by atoms with van der Waals surface area (Å²) in [7, 11) is 3.30. The summed E-state index contributed by atoms with van der Waals surface area (Å²) in [6.45, 7) is 4.53. The number of nitrogens with zero attached hydrogens (tertiary/aromatic N) is 2. The van der Waals surface area contributed by atoms with Gasteiger partial charge in [0, 0.05) is 13.1 Å². The standard InChI is InChI=1S/C25H32N2O4/c1-29-23-14-20-10-13-27(16-21(20)15-24(23)30-2)25(28)17-26-11-8-19(9-12-26)18-31-22-6-4-3-5-7-22/h3-7,14-15,19H,8-13,16-18H2,1-2H3. The molecule has 0 unspecified atom stereocenters. The molecule has 0 saturated carbocycles. The van der Waals surface area contributed by atoms with Crippen molar-refractivity contribution in [2.75, 3.05) is 47.0 Å². The van der Waals surface area contributed by atoms with Crippen molar-refractivity contribution in [3.63, 3.8) is 0 Å². The Morgan fingerprint density at radius 1 is 0.968 bits per heavy atom. The Kier molecular flexibility index (Phi) is 6.97. The lowest BCUT2D eigenvalue weighted by molar-refractivity contribution is -0.133. The fourth-order valence-corrected chi connectivity index (χ4v) is 4.43. The molecular formula is C25H32N2O4. The van der Waals surface area contributed by atoms with Gasteiger partial charge in [-0.05, 0) is 73.7 Å². The van der Waals surface area contributed by atoms with Crippen LogP contribution in [0.15, 0.2) is 42.5 Å². The van der Waals surface area contributed by atoms with Crippen molar-refractivity contribution in [1.82, 2.24) is 9.80 Å². The maximum Gasteiger partial charge on any atom is 0.237 e. The number of likely N-dealkylation sites (tertiary alicyclic amines) is 1. The SMILES string of the molecule is COc1cc2c(cc1OC)CN(C(=O)CN1CCC(COc3ccccc3)CC1)CC2. The van der Waals surface area contributed by atoms with E-state index in [1.807, 2.05) is 47.4 Å². The zero-order valence-electron chi connectivity index (χ0n) is 18.5. The maximum atomic E-state index is 12.9. The Morgan fingerprint density at radius 3 is 2.32 bits per heavy atom. The number of ether oxygens (including phenoxy) is 3. The summed E-state index contributed by atoms with van der Waals surface area (Å²) >= 11 is 0. The first kappa shape index (κ1) is 21.5. The molecule has 1 saturated heterocycles. The topological polar surface area (TPSA) is 51.2 Å². The van der Waals surface area contributed by atoms with Crippen molar-refractivity contribution < 1.29 is 19.0 Å². The number of hydrogen-bond acceptors (Lipinski definition) is 5. The average molecular weight is 425 g/mol. The second-order valence-electron chi connectivity index (χ2n) is 8.38. The van der Waals surface area contributed by atoms with Crippen molar-refractivity contribution in [3.05, 3.63) is 53.6 Å². The second-order valence-corrected chi connectivity index (χ2v) is 8.38. The van der Waals surface area contributed by atoms with E-state index in [0.717, 1.165) is 68.3 Å². The predicted octanol–water partition coefficient (Wildman–Crippen LogP) is 3.38. The maximum absolute atomic E-state index is 12.9. The number of carbonyl (C=O) groups excluding carboxylic acids is 1. The molecule has 6 nitrogen and oxygen atoms in total. The summed E-state index contributed by atoms with van der Waals surface area (Å²) in [6, 6.07) is 14.0. The quantitative estimate of drug-likeness (QED) is 0.682. The Hall–Kier alpha value is -2.73. The van der Waals surface area contributed by atoms with Crippen LogP contribution in [-0.2, 0) is 17.8 Å². The van der Waals surface area contributed by atoms with Gasteiger partial charge in [0.2, 0.25) is 5.91 Å². The van der Waals surface area contributed by atoms with E-state index in [9.17, 15) is 4.79 Å². The van der Waals surface area contributed by atoms with E-state index in [-0.39, 0.29) is 5.91 Å². The molecule has 2 aliphatic rings. The molecule has 0 aliphatic carbocycles. The molecule has 31 heavy (non-hydrogen) atoms. The largest absolute Gasteiger partial charge is 0.493 e. The molecule has 0 spiro atoms. The predicted molar refractivity (Wildman–Crippen MR) is 120 cm³/mol. The van der Waals surface area contributed by atoms with Gasteiger partial charge in [-0.2, -0.15) is 0 Å². The fraction of sp³-hybridized carbons (Fsp3) is 0.480. The number of methoxy groups -OCH3 is 2. The van der Waals surface area contributed by atoms with E-state index < -0.39 is 0 Å². The molecule has 0 radical (unpaired) electrons. The molecule has 0 aromatic heterocycles. The number of fused-ring (bicyclic) bond motifs is 1. The molecule has 1 fully saturated rings. The van der Waals surface area contributed by atoms with Crippen LogP contribution in [0.1, 0.15) is 24.0 Å². The molecule has 4 rings (SSSR count). The zero-order valence-corrected chi connectivity index (χ0v) is 18.5. The van der Waals surface area contributed by atoms with Crippen LogP contribution in [0.3, 0.4) is 0 Å². The number of hydrogen-bond donors (Lipinski definition) is 0. The van der Waals surface area contributed by atoms with E-state index in [0.29, 0.717) is 19.0 Å². The smallest absolute Gasteiger partial charge is 0.237 e. The van der Waals surface area contributed by atoms with Gasteiger partial charge in [0.05, 0.1) is 27.4 Å². The molecule has 0 bridgehead atoms. The number of amides is 1. The molecule has 1 amide bonds. The summed E-state index contributed by atoms with van der Waals surface area (Å²) in [5.74, 6) is 3.16. The van der Waals surface area contributed by atoms with Gasteiger partial charge < -0.3 is 19.1 Å². The Balaban J connectivity index is 1.25. The minimum Gasteiger partial charge on any atom is -0.493 e. The van der Waals surface area contributed by atoms with Crippen LogP contribution in [0, 0.1) is 5.92 Å². The van der Waals surface area contributed by atoms with Crippen molar-refractivity contribution in [3.8, 4) is 17.2 Å². The molecule has 6 heteroatoms. The van der Waals surface area contributed by atoms with Gasteiger partial charge in [0.15, 0.2) is 11.5 Å². The number of para-hydroxylation sites is 1. The van der Waals surface area contributed by atoms with Crippen molar-refractivity contribution >= 4 is 5.91 Å². The van der Waals surface area contributed by atoms with Gasteiger partial charge in [-0.25, -0.2) is 0 Å². The third kappa shape index (κ3) is 5.31. The van der Waals surface area contributed by atoms with Gasteiger partial charge in [0.25, 0.3) is 0 Å². The lowest BCUT2D eigenvalue weighted by Crippen LogP contribution is -2.45. The Morgan fingerprint density at radius 2 is 1.65 bits per heavy atom. The van der Waals surface area contributed by atoms with Gasteiger partial charge in [-0.3, -0.25) is 9.69 Å². The number of piperidine rings is 1. The van der Waals surface area contributed by atoms with Crippen molar-refractivity contribution in [1.29, 1.82) is 0 Å². The highest BCUT2D eigenvalue weighted by atomic mass is 16.5. The van der Waals surface area contributed by atoms with Gasteiger partial charge >= 0.3 is 0 Å². The van der Waals surface area contributed by atoms with Crippen LogP contribution in [0.5, 0.6) is 17.2 Å². The normalized spacial score (nSPS) is 17.2. The lowest BCUT2D eigenvalue weighted by atomic mass is 9.97. The highest BCUT2D eigenvalue weighted by molar-refractivity contribution is 5.78. The van der Waals surface area contributed by atoms with Crippen LogP contribution < -0.4 is 14.2 Å². The average Bonchev–Trinajstić information content (AvgIpc) is 2.83. The van der Waals surface area contributed by atoms with Gasteiger partial charge in [0.1, 0.15) is 5.75 Å². The minimum absolute atomic E-state index is 0.208. The first-order valence-electron chi connectivity index (χ1n) is 11.1. The minimum atomic E-state index is 0.208. The molecule has 0 N–H and O–H groups in total. The van der Waals surface area contributed by atoms with Gasteiger partial charge in [-0.15, -0.1) is 0 Å². The molecule has 2 heterocycles. The zero-order chi connectivity index (χ0) is 21.6. The number of carbonyl (C=O) groups is 1. The number of rotatable bonds is 7. The highest BCUT2D eigenvalue weighted by Gasteiger charge is 2.26. The first-order chi connectivity index (χ1) is 15.2. The first-order valence-corrected chi connectivity index (χ1v) is 11.1. The third-order valence-electron chi connectivity index (χ3n) is 6.37. The Labute approximate surface area is 184 Å². The second kappa shape index (κ2) is 10.1. The van der Waals surface area contributed by atoms with Gasteiger partial charge in [-0.1, -0.05) is 18.2 Å². The lowest BCUT2D eigenvalue weighted by Gasteiger charge is -2.34. The van der Waals surface area contributed by atoms with Crippen LogP contribution in [-0.4, -0.2) is 62.7 Å². The molecule has 2 aliphatic heterocycles. The third-order valence-corrected chi connectivity index (χ3v) is 6.37. The van der Waals surface area contributed by atoms with E-state index in [2.05, 4.69) is 4.90 Å². The molecule has 2 aromatic carbocycles. The van der Waals surface area contributed by atoms with Crippen LogP contribution in [0.2, 0.25) is 0 Å². The summed E-state index contributed by atoms with van der Waals surface area (Å²) in [6.07, 6.45) is 2.99. The summed E-state index contributed by atoms with van der Waals surface area (Å²) in [5.41, 5.74) is 2.38. The van der Waals surface area contributed by atoms with Crippen molar-refractivity contribution in [2.24, 2.45) is 5.92 Å². The number of benzene rings is 2. The summed E-state index contributed by atoms with van der Waals surface area (Å²) in [4.78, 5) is 17.2. The van der Waals surface area contributed by atoms with Crippen LogP contribution in [0.25, 0.3) is 0 Å². The summed E-state index contributed by atoms with van der Waals surface area (Å²) < 4.78 is 16.8. The Bertz CT molecular complexity index is 879. The van der Waals surface area contributed by atoms with E-state index in [1.54, 1.807) is 14.2 Å². The van der Waals surface area contributed by atoms with Crippen LogP contribution in [0.4, 0.5) is 0 Å². The molecular weight excluding hydrogens is 392 g/mol. The molecule has 166 valence electrons. The molecule has 2 aromatic rings. The van der Waals surface area contributed by atoms with E-state index >= 15 is 0 Å². The monoisotopic (exact) mass is 424 g/mol. The van der Waals surface area contributed by atoms with Crippen LogP contribution >= 0.6 is 0 Å².